The molecule has 1 heterocycles. The Morgan fingerprint density at radius 3 is 2.83 bits per heavy atom. The third kappa shape index (κ3) is 4.63. The molecule has 1 saturated heterocycles. The number of likely N-dealkylation sites (N-methyl/N-ethyl adjacent to an activating group) is 1. The number of hydrogen-bond acceptors (Lipinski definition) is 2. The summed E-state index contributed by atoms with van der Waals surface area (Å²) in [7, 11) is 2.20. The van der Waals surface area contributed by atoms with Crippen molar-refractivity contribution in [3.8, 4) is 0 Å². The molecule has 1 unspecified atom stereocenters. The molecule has 0 aliphatic carbocycles. The van der Waals surface area contributed by atoms with Crippen molar-refractivity contribution in [2.45, 2.75) is 25.3 Å². The van der Waals surface area contributed by atoms with E-state index in [1.165, 1.54) is 31.4 Å². The molecule has 1 aliphatic rings. The Hall–Kier alpha value is -1.12. The molecular formula is C16H24N2. The molecule has 98 valence electrons. The van der Waals surface area contributed by atoms with E-state index >= 15 is 0 Å². The summed E-state index contributed by atoms with van der Waals surface area (Å²) < 4.78 is 0. The van der Waals surface area contributed by atoms with E-state index in [9.17, 15) is 0 Å². The van der Waals surface area contributed by atoms with E-state index < -0.39 is 0 Å². The van der Waals surface area contributed by atoms with E-state index in [1.54, 1.807) is 0 Å². The first kappa shape index (κ1) is 13.3. The Bertz CT molecular complexity index is 353. The highest BCUT2D eigenvalue weighted by atomic mass is 15.1. The Labute approximate surface area is 111 Å². The fourth-order valence-electron chi connectivity index (χ4n) is 2.46. The summed E-state index contributed by atoms with van der Waals surface area (Å²) in [4.78, 5) is 2.39. The SMILES string of the molecule is CN(C/C=C/c1ccccc1)CC1CCCCN1. The summed E-state index contributed by atoms with van der Waals surface area (Å²) in [5, 5.41) is 3.59. The average molecular weight is 244 g/mol. The van der Waals surface area contributed by atoms with Gasteiger partial charge in [-0.05, 0) is 32.0 Å². The lowest BCUT2D eigenvalue weighted by Crippen LogP contribution is -2.42. The van der Waals surface area contributed by atoms with Gasteiger partial charge >= 0.3 is 0 Å². The highest BCUT2D eigenvalue weighted by Crippen LogP contribution is 2.08. The molecule has 2 nitrogen and oxygen atoms in total. The van der Waals surface area contributed by atoms with E-state index in [2.05, 4.69) is 59.7 Å². The zero-order chi connectivity index (χ0) is 12.6. The molecule has 0 radical (unpaired) electrons. The number of benzene rings is 1. The van der Waals surface area contributed by atoms with Crippen molar-refractivity contribution in [1.82, 2.24) is 10.2 Å². The lowest BCUT2D eigenvalue weighted by Gasteiger charge is -2.27. The normalized spacial score (nSPS) is 20.7. The fourth-order valence-corrected chi connectivity index (χ4v) is 2.46. The molecular weight excluding hydrogens is 220 g/mol. The van der Waals surface area contributed by atoms with Crippen LogP contribution in [0.15, 0.2) is 36.4 Å². The molecule has 0 aromatic heterocycles. The van der Waals surface area contributed by atoms with Gasteiger partial charge in [0, 0.05) is 19.1 Å². The van der Waals surface area contributed by atoms with Gasteiger partial charge in [0.2, 0.25) is 0 Å². The number of piperidine rings is 1. The van der Waals surface area contributed by atoms with E-state index in [0.29, 0.717) is 6.04 Å². The predicted molar refractivity (Wildman–Crippen MR) is 78.6 cm³/mol. The van der Waals surface area contributed by atoms with Crippen molar-refractivity contribution in [3.63, 3.8) is 0 Å². The van der Waals surface area contributed by atoms with Crippen LogP contribution in [-0.2, 0) is 0 Å². The van der Waals surface area contributed by atoms with Crippen molar-refractivity contribution < 1.29 is 0 Å². The van der Waals surface area contributed by atoms with Crippen LogP contribution >= 0.6 is 0 Å². The zero-order valence-electron chi connectivity index (χ0n) is 11.3. The summed E-state index contributed by atoms with van der Waals surface area (Å²) in [5.74, 6) is 0. The molecule has 2 heteroatoms. The number of hydrogen-bond donors (Lipinski definition) is 1. The molecule has 2 rings (SSSR count). The minimum absolute atomic E-state index is 0.689. The average Bonchev–Trinajstić information content (AvgIpc) is 2.41. The molecule has 1 aliphatic heterocycles. The maximum atomic E-state index is 3.59. The standard InChI is InChI=1S/C16H24N2/c1-18(14-16-11-5-6-12-17-16)13-7-10-15-8-3-2-4-9-15/h2-4,7-10,16-17H,5-6,11-14H2,1H3/b10-7+. The fraction of sp³-hybridized carbons (Fsp3) is 0.500. The van der Waals surface area contributed by atoms with Crippen LogP contribution < -0.4 is 5.32 Å². The maximum absolute atomic E-state index is 3.59. The van der Waals surface area contributed by atoms with Crippen molar-refractivity contribution >= 4 is 6.08 Å². The zero-order valence-corrected chi connectivity index (χ0v) is 11.3. The van der Waals surface area contributed by atoms with Crippen LogP contribution in [0.5, 0.6) is 0 Å². The maximum Gasteiger partial charge on any atom is 0.0195 e. The minimum Gasteiger partial charge on any atom is -0.313 e. The molecule has 1 fully saturated rings. The summed E-state index contributed by atoms with van der Waals surface area (Å²) in [6.45, 7) is 3.37. The van der Waals surface area contributed by atoms with Crippen molar-refractivity contribution in [3.05, 3.63) is 42.0 Å². The molecule has 0 amide bonds. The minimum atomic E-state index is 0.689. The van der Waals surface area contributed by atoms with Gasteiger partial charge in [0.25, 0.3) is 0 Å². The van der Waals surface area contributed by atoms with Gasteiger partial charge in [-0.3, -0.25) is 0 Å². The highest BCUT2D eigenvalue weighted by molar-refractivity contribution is 5.48. The third-order valence-corrected chi connectivity index (χ3v) is 3.47. The second-order valence-electron chi connectivity index (χ2n) is 5.18. The van der Waals surface area contributed by atoms with E-state index in [0.717, 1.165) is 13.1 Å². The van der Waals surface area contributed by atoms with Crippen LogP contribution in [0.2, 0.25) is 0 Å². The summed E-state index contributed by atoms with van der Waals surface area (Å²) in [6, 6.07) is 11.2. The molecule has 1 atom stereocenters. The Kier molecular flexibility index (Phi) is 5.43. The molecule has 0 saturated carbocycles. The van der Waals surface area contributed by atoms with Gasteiger partial charge in [-0.2, -0.15) is 0 Å². The van der Waals surface area contributed by atoms with Gasteiger partial charge in [0.05, 0.1) is 0 Å². The summed E-state index contributed by atoms with van der Waals surface area (Å²) in [5.41, 5.74) is 1.28. The van der Waals surface area contributed by atoms with Crippen LogP contribution in [0, 0.1) is 0 Å². The number of nitrogens with zero attached hydrogens (tertiary/aromatic N) is 1. The molecule has 1 aromatic rings. The van der Waals surface area contributed by atoms with Crippen LogP contribution in [0.25, 0.3) is 6.08 Å². The van der Waals surface area contributed by atoms with Crippen molar-refractivity contribution in [1.29, 1.82) is 0 Å². The smallest absolute Gasteiger partial charge is 0.0195 e. The predicted octanol–water partition coefficient (Wildman–Crippen LogP) is 2.77. The summed E-state index contributed by atoms with van der Waals surface area (Å²) >= 11 is 0. The Balaban J connectivity index is 1.71. The van der Waals surface area contributed by atoms with Crippen LogP contribution in [0.1, 0.15) is 24.8 Å². The largest absolute Gasteiger partial charge is 0.313 e. The molecule has 1 aromatic carbocycles. The Morgan fingerprint density at radius 1 is 1.28 bits per heavy atom. The highest BCUT2D eigenvalue weighted by Gasteiger charge is 2.13. The van der Waals surface area contributed by atoms with Gasteiger partial charge in [0.1, 0.15) is 0 Å². The van der Waals surface area contributed by atoms with Gasteiger partial charge < -0.3 is 10.2 Å². The second kappa shape index (κ2) is 7.34. The summed E-state index contributed by atoms with van der Waals surface area (Å²) in [6.07, 6.45) is 8.50. The quantitative estimate of drug-likeness (QED) is 0.857. The molecule has 0 spiro atoms. The van der Waals surface area contributed by atoms with Crippen LogP contribution in [0.3, 0.4) is 0 Å². The second-order valence-corrected chi connectivity index (χ2v) is 5.18. The first-order chi connectivity index (χ1) is 8.84. The monoisotopic (exact) mass is 244 g/mol. The molecule has 0 bridgehead atoms. The van der Waals surface area contributed by atoms with Gasteiger partial charge in [0.15, 0.2) is 0 Å². The lowest BCUT2D eigenvalue weighted by molar-refractivity contribution is 0.281. The van der Waals surface area contributed by atoms with Gasteiger partial charge in [-0.15, -0.1) is 0 Å². The van der Waals surface area contributed by atoms with Crippen molar-refractivity contribution in [2.24, 2.45) is 0 Å². The topological polar surface area (TPSA) is 15.3 Å². The Morgan fingerprint density at radius 2 is 2.11 bits per heavy atom. The third-order valence-electron chi connectivity index (χ3n) is 3.47. The molecule has 1 N–H and O–H groups in total. The molecule has 18 heavy (non-hydrogen) atoms. The van der Waals surface area contributed by atoms with Crippen LogP contribution in [-0.4, -0.2) is 37.6 Å². The van der Waals surface area contributed by atoms with Gasteiger partial charge in [-0.25, -0.2) is 0 Å². The van der Waals surface area contributed by atoms with Crippen molar-refractivity contribution in [2.75, 3.05) is 26.7 Å². The van der Waals surface area contributed by atoms with Crippen LogP contribution in [0.4, 0.5) is 0 Å². The van der Waals surface area contributed by atoms with Gasteiger partial charge in [-0.1, -0.05) is 48.9 Å². The first-order valence-corrected chi connectivity index (χ1v) is 6.98. The van der Waals surface area contributed by atoms with E-state index in [-0.39, 0.29) is 0 Å². The number of nitrogens with one attached hydrogen (secondary N) is 1. The first-order valence-electron chi connectivity index (χ1n) is 6.98. The lowest BCUT2D eigenvalue weighted by atomic mass is 10.0. The number of rotatable bonds is 5. The van der Waals surface area contributed by atoms with E-state index in [1.807, 2.05) is 0 Å². The van der Waals surface area contributed by atoms with E-state index in [4.69, 9.17) is 0 Å².